The maximum absolute atomic E-state index is 13.5. The summed E-state index contributed by atoms with van der Waals surface area (Å²) in [4.78, 5) is 41.2. The summed E-state index contributed by atoms with van der Waals surface area (Å²) >= 11 is 12.4. The fraction of sp³-hybridized carbons (Fsp3) is 0.208. The van der Waals surface area contributed by atoms with Crippen LogP contribution in [-0.4, -0.2) is 45.2 Å². The van der Waals surface area contributed by atoms with Gasteiger partial charge in [-0.3, -0.25) is 4.79 Å². The number of hydrogen-bond donors (Lipinski definition) is 2. The van der Waals surface area contributed by atoms with Crippen molar-refractivity contribution >= 4 is 63.8 Å². The van der Waals surface area contributed by atoms with Gasteiger partial charge in [-0.1, -0.05) is 41.4 Å². The number of ether oxygens (including phenoxy) is 1. The van der Waals surface area contributed by atoms with Crippen LogP contribution >= 0.6 is 23.2 Å². The van der Waals surface area contributed by atoms with Crippen LogP contribution in [0.25, 0.3) is 17.0 Å². The number of anilines is 1. The van der Waals surface area contributed by atoms with E-state index in [1.54, 1.807) is 57.2 Å². The first-order valence-corrected chi connectivity index (χ1v) is 11.1. The van der Waals surface area contributed by atoms with Crippen molar-refractivity contribution in [1.29, 1.82) is 0 Å². The number of carboxylic acid groups (broad SMARTS) is 1. The van der Waals surface area contributed by atoms with E-state index in [4.69, 9.17) is 27.9 Å². The van der Waals surface area contributed by atoms with Gasteiger partial charge in [0.15, 0.2) is 0 Å². The van der Waals surface area contributed by atoms with E-state index in [0.29, 0.717) is 21.6 Å². The number of benzene rings is 2. The van der Waals surface area contributed by atoms with Crippen LogP contribution < -0.4 is 5.01 Å². The number of carbonyl (C=O) groups is 3. The summed E-state index contributed by atoms with van der Waals surface area (Å²) in [5.74, 6) is -1.72. The molecule has 1 saturated heterocycles. The number of halogens is 2. The first-order valence-electron chi connectivity index (χ1n) is 10.3. The van der Waals surface area contributed by atoms with Crippen molar-refractivity contribution < 1.29 is 24.2 Å². The number of fused-ring (bicyclic) bond motifs is 1. The van der Waals surface area contributed by atoms with Crippen LogP contribution in [0.5, 0.6) is 0 Å². The minimum atomic E-state index is -1.23. The molecule has 8 nitrogen and oxygen atoms in total. The van der Waals surface area contributed by atoms with Crippen molar-refractivity contribution in [3.63, 3.8) is 0 Å². The predicted molar refractivity (Wildman–Crippen MR) is 130 cm³/mol. The molecule has 4 rings (SSSR count). The van der Waals surface area contributed by atoms with Crippen molar-refractivity contribution in [2.24, 2.45) is 0 Å². The predicted octanol–water partition coefficient (Wildman–Crippen LogP) is 5.76. The number of rotatable bonds is 3. The maximum atomic E-state index is 13.5. The lowest BCUT2D eigenvalue weighted by molar-refractivity contribution is -0.115. The van der Waals surface area contributed by atoms with Gasteiger partial charge in [0.05, 0.1) is 17.3 Å². The number of H-pyrrole nitrogens is 1. The number of para-hydroxylation sites is 1. The zero-order valence-corrected chi connectivity index (χ0v) is 20.1. The molecular formula is C24H21Cl2N3O5. The molecule has 34 heavy (non-hydrogen) atoms. The van der Waals surface area contributed by atoms with Gasteiger partial charge in [0.25, 0.3) is 5.91 Å². The Balaban J connectivity index is 1.85. The average Bonchev–Trinajstić information content (AvgIpc) is 3.26. The number of nitrogens with zero attached hydrogens (tertiary/aromatic N) is 2. The van der Waals surface area contributed by atoms with Crippen LogP contribution in [0.15, 0.2) is 48.0 Å². The monoisotopic (exact) mass is 501 g/mol. The molecule has 2 N–H and O–H groups in total. The second-order valence-corrected chi connectivity index (χ2v) is 9.53. The Morgan fingerprint density at radius 3 is 2.44 bits per heavy atom. The quantitative estimate of drug-likeness (QED) is 0.444. The molecule has 1 fully saturated rings. The highest BCUT2D eigenvalue weighted by Gasteiger charge is 2.40. The standard InChI is InChI=1S/C24H21Cl2N3O5/c1-24(2,3)34-23(33)28-12-13(21(30)29(28)15-7-5-4-6-8-15)9-16-19-17(26)10-14(25)11-18(19)27-20(16)22(31)32/h4-11,27H,12H2,1-3H3,(H,31,32)/b13-9+. The van der Waals surface area contributed by atoms with Crippen molar-refractivity contribution in [3.05, 3.63) is 69.3 Å². The summed E-state index contributed by atoms with van der Waals surface area (Å²) in [7, 11) is 0. The van der Waals surface area contributed by atoms with Gasteiger partial charge in [0, 0.05) is 27.1 Å². The molecule has 1 aliphatic rings. The van der Waals surface area contributed by atoms with E-state index >= 15 is 0 Å². The number of aromatic amines is 1. The Morgan fingerprint density at radius 2 is 1.82 bits per heavy atom. The smallest absolute Gasteiger partial charge is 0.430 e. The summed E-state index contributed by atoms with van der Waals surface area (Å²) in [6.07, 6.45) is 0.723. The lowest BCUT2D eigenvalue weighted by Gasteiger charge is -2.29. The molecule has 0 unspecified atom stereocenters. The Hall–Kier alpha value is -3.49. The molecule has 0 saturated carbocycles. The van der Waals surface area contributed by atoms with Gasteiger partial charge in [-0.25, -0.2) is 19.6 Å². The SMILES string of the molecule is CC(C)(C)OC(=O)N1C/C(=C\c2c(C(=O)O)[nH]c3cc(Cl)cc(Cl)c23)C(=O)N1c1ccccc1. The summed E-state index contributed by atoms with van der Waals surface area (Å²) < 4.78 is 5.50. The van der Waals surface area contributed by atoms with Crippen LogP contribution in [0.2, 0.25) is 10.0 Å². The van der Waals surface area contributed by atoms with E-state index in [2.05, 4.69) is 4.98 Å². The molecule has 2 aromatic carbocycles. The Labute approximate surface area is 205 Å². The third kappa shape index (κ3) is 4.47. The number of amides is 2. The molecule has 176 valence electrons. The molecule has 10 heteroatoms. The van der Waals surface area contributed by atoms with Gasteiger partial charge < -0.3 is 14.8 Å². The highest BCUT2D eigenvalue weighted by molar-refractivity contribution is 6.39. The zero-order valence-electron chi connectivity index (χ0n) is 18.6. The van der Waals surface area contributed by atoms with Crippen LogP contribution in [-0.2, 0) is 9.53 Å². The summed E-state index contributed by atoms with van der Waals surface area (Å²) in [5, 5.41) is 13.1. The Bertz CT molecular complexity index is 1340. The van der Waals surface area contributed by atoms with Crippen molar-refractivity contribution in [2.45, 2.75) is 26.4 Å². The third-order valence-electron chi connectivity index (χ3n) is 5.02. The number of aromatic carboxylic acids is 1. The molecule has 3 aromatic rings. The molecule has 2 heterocycles. The van der Waals surface area contributed by atoms with E-state index in [0.717, 1.165) is 0 Å². The van der Waals surface area contributed by atoms with Crippen LogP contribution in [0.1, 0.15) is 36.8 Å². The van der Waals surface area contributed by atoms with Gasteiger partial charge in [0.1, 0.15) is 11.3 Å². The van der Waals surface area contributed by atoms with E-state index < -0.39 is 23.6 Å². The Morgan fingerprint density at radius 1 is 1.15 bits per heavy atom. The molecule has 1 aromatic heterocycles. The van der Waals surface area contributed by atoms with Crippen LogP contribution in [0, 0.1) is 0 Å². The topological polar surface area (TPSA) is 103 Å². The summed E-state index contributed by atoms with van der Waals surface area (Å²) in [6.45, 7) is 5.05. The number of hydrogen-bond acceptors (Lipinski definition) is 4. The van der Waals surface area contributed by atoms with Gasteiger partial charge in [0.2, 0.25) is 0 Å². The summed E-state index contributed by atoms with van der Waals surface area (Å²) in [5.41, 5.74) is 0.340. The lowest BCUT2D eigenvalue weighted by atomic mass is 10.1. The molecule has 0 aliphatic carbocycles. The highest BCUT2D eigenvalue weighted by Crippen LogP contribution is 2.36. The number of aromatic nitrogens is 1. The van der Waals surface area contributed by atoms with Crippen molar-refractivity contribution in [1.82, 2.24) is 9.99 Å². The highest BCUT2D eigenvalue weighted by atomic mass is 35.5. The normalized spacial score (nSPS) is 15.4. The molecule has 1 aliphatic heterocycles. The van der Waals surface area contributed by atoms with E-state index in [-0.39, 0.29) is 28.4 Å². The molecule has 0 atom stereocenters. The fourth-order valence-corrected chi connectivity index (χ4v) is 4.29. The van der Waals surface area contributed by atoms with Crippen molar-refractivity contribution in [2.75, 3.05) is 11.6 Å². The largest absolute Gasteiger partial charge is 0.477 e. The lowest BCUT2D eigenvalue weighted by Crippen LogP contribution is -2.45. The molecule has 2 amide bonds. The second-order valence-electron chi connectivity index (χ2n) is 8.69. The number of nitrogens with one attached hydrogen (secondary N) is 1. The fourth-order valence-electron chi connectivity index (χ4n) is 3.70. The van der Waals surface area contributed by atoms with Crippen molar-refractivity contribution in [3.8, 4) is 0 Å². The number of hydrazine groups is 1. The van der Waals surface area contributed by atoms with Gasteiger partial charge in [-0.15, -0.1) is 0 Å². The zero-order chi connectivity index (χ0) is 24.8. The summed E-state index contributed by atoms with van der Waals surface area (Å²) in [6, 6.07) is 11.7. The van der Waals surface area contributed by atoms with Crippen LogP contribution in [0.3, 0.4) is 0 Å². The average molecular weight is 502 g/mol. The minimum Gasteiger partial charge on any atom is -0.477 e. The molecule has 0 bridgehead atoms. The van der Waals surface area contributed by atoms with E-state index in [9.17, 15) is 19.5 Å². The van der Waals surface area contributed by atoms with Gasteiger partial charge >= 0.3 is 12.1 Å². The number of carboxylic acids is 1. The molecular weight excluding hydrogens is 481 g/mol. The van der Waals surface area contributed by atoms with E-state index in [1.807, 2.05) is 0 Å². The first kappa shape index (κ1) is 23.7. The Kier molecular flexibility index (Phi) is 6.05. The van der Waals surface area contributed by atoms with Gasteiger partial charge in [-0.05, 0) is 51.1 Å². The molecule has 0 radical (unpaired) electrons. The van der Waals surface area contributed by atoms with Gasteiger partial charge in [-0.2, -0.15) is 0 Å². The number of carbonyl (C=O) groups excluding carboxylic acids is 2. The second kappa shape index (κ2) is 8.70. The maximum Gasteiger partial charge on any atom is 0.430 e. The minimum absolute atomic E-state index is 0.125. The van der Waals surface area contributed by atoms with Crippen LogP contribution in [0.4, 0.5) is 10.5 Å². The first-order chi connectivity index (χ1) is 16.0. The molecule has 0 spiro atoms. The van der Waals surface area contributed by atoms with E-state index in [1.165, 1.54) is 22.2 Å². The third-order valence-corrected chi connectivity index (χ3v) is 5.54.